The second-order valence-corrected chi connectivity index (χ2v) is 8.56. The summed E-state index contributed by atoms with van der Waals surface area (Å²) in [6.45, 7) is 0.301. The zero-order chi connectivity index (χ0) is 19.3. The Balaban J connectivity index is 1.55. The topological polar surface area (TPSA) is 120 Å². The number of hydrogen-bond donors (Lipinski definition) is 3. The van der Waals surface area contributed by atoms with Gasteiger partial charge in [0, 0.05) is 25.7 Å². The molecule has 1 aromatic heterocycles. The Bertz CT molecular complexity index is 841. The second kappa shape index (κ2) is 8.59. The lowest BCUT2D eigenvalue weighted by Crippen LogP contribution is -2.48. The quantitative estimate of drug-likeness (QED) is 0.644. The summed E-state index contributed by atoms with van der Waals surface area (Å²) in [6.07, 6.45) is 4.29. The van der Waals surface area contributed by atoms with Gasteiger partial charge in [-0.3, -0.25) is 4.79 Å². The van der Waals surface area contributed by atoms with Crippen molar-refractivity contribution in [3.63, 3.8) is 0 Å². The van der Waals surface area contributed by atoms with Crippen LogP contribution in [0.25, 0.3) is 0 Å². The highest BCUT2D eigenvalue weighted by Gasteiger charge is 2.29. The molecule has 1 aromatic carbocycles. The van der Waals surface area contributed by atoms with Crippen molar-refractivity contribution < 1.29 is 13.2 Å². The zero-order valence-corrected chi connectivity index (χ0v) is 15.9. The van der Waals surface area contributed by atoms with E-state index in [-0.39, 0.29) is 23.7 Å². The van der Waals surface area contributed by atoms with Gasteiger partial charge in [0.1, 0.15) is 0 Å². The molecule has 0 radical (unpaired) electrons. The first-order valence-corrected chi connectivity index (χ1v) is 10.3. The Morgan fingerprint density at radius 2 is 2.00 bits per heavy atom. The third-order valence-electron chi connectivity index (χ3n) is 4.63. The Labute approximate surface area is 158 Å². The van der Waals surface area contributed by atoms with Crippen LogP contribution >= 0.6 is 0 Å². The summed E-state index contributed by atoms with van der Waals surface area (Å²) < 4.78 is 29.3. The standard InChI is InChI=1S/C17H24N6O3S/c1-23(12-13-6-3-2-4-7-13)27(25,26)21-15-9-5-8-14(10-15)19-17(24)16-11-18-22-20-16/h2-4,6-7,11,14-15,21H,5,8-10,12H2,1H3,(H,19,24)(H,18,20,22)/t14-,15-/m1/s1. The molecule has 146 valence electrons. The van der Waals surface area contributed by atoms with Crippen molar-refractivity contribution in [2.75, 3.05) is 7.05 Å². The Kier molecular flexibility index (Phi) is 6.19. The average Bonchev–Trinajstić information content (AvgIpc) is 3.17. The molecule has 0 aliphatic heterocycles. The molecule has 1 aliphatic carbocycles. The highest BCUT2D eigenvalue weighted by atomic mass is 32.2. The maximum absolute atomic E-state index is 12.6. The summed E-state index contributed by atoms with van der Waals surface area (Å²) in [7, 11) is -2.05. The lowest BCUT2D eigenvalue weighted by molar-refractivity contribution is 0.0919. The van der Waals surface area contributed by atoms with Crippen LogP contribution in [-0.2, 0) is 16.8 Å². The Morgan fingerprint density at radius 3 is 2.70 bits per heavy atom. The summed E-state index contributed by atoms with van der Waals surface area (Å²) in [5.41, 5.74) is 1.15. The normalized spacial score (nSPS) is 20.5. The molecule has 1 aliphatic rings. The summed E-state index contributed by atoms with van der Waals surface area (Å²) in [6, 6.07) is 9.12. The van der Waals surface area contributed by atoms with Crippen molar-refractivity contribution in [1.29, 1.82) is 0 Å². The number of amides is 1. The molecule has 1 saturated carbocycles. The molecular weight excluding hydrogens is 368 g/mol. The number of nitrogens with one attached hydrogen (secondary N) is 3. The predicted molar refractivity (Wildman–Crippen MR) is 99.9 cm³/mol. The number of nitrogens with zero attached hydrogens (tertiary/aromatic N) is 3. The van der Waals surface area contributed by atoms with Crippen molar-refractivity contribution >= 4 is 16.1 Å². The van der Waals surface area contributed by atoms with Crippen LogP contribution in [0.15, 0.2) is 36.5 Å². The number of carbonyl (C=O) groups is 1. The maximum Gasteiger partial charge on any atom is 0.279 e. The number of hydrogen-bond acceptors (Lipinski definition) is 5. The first-order valence-electron chi connectivity index (χ1n) is 8.88. The van der Waals surface area contributed by atoms with Gasteiger partial charge in [0.25, 0.3) is 16.1 Å². The number of benzene rings is 1. The second-order valence-electron chi connectivity index (χ2n) is 6.75. The third-order valence-corrected chi connectivity index (χ3v) is 6.21. The van der Waals surface area contributed by atoms with Gasteiger partial charge in [-0.15, -0.1) is 0 Å². The lowest BCUT2D eigenvalue weighted by atomic mass is 9.91. The molecule has 3 rings (SSSR count). The minimum atomic E-state index is -3.61. The van der Waals surface area contributed by atoms with Gasteiger partial charge >= 0.3 is 0 Å². The van der Waals surface area contributed by atoms with E-state index in [4.69, 9.17) is 0 Å². The molecule has 0 unspecified atom stereocenters. The van der Waals surface area contributed by atoms with Crippen LogP contribution in [0.1, 0.15) is 41.7 Å². The van der Waals surface area contributed by atoms with E-state index >= 15 is 0 Å². The van der Waals surface area contributed by atoms with Gasteiger partial charge in [0.2, 0.25) is 0 Å². The Hall–Kier alpha value is -2.30. The van der Waals surface area contributed by atoms with Crippen LogP contribution in [0, 0.1) is 0 Å². The van der Waals surface area contributed by atoms with Crippen LogP contribution in [0.3, 0.4) is 0 Å². The smallest absolute Gasteiger partial charge is 0.279 e. The van der Waals surface area contributed by atoms with Gasteiger partial charge in [0.05, 0.1) is 6.20 Å². The number of rotatable bonds is 7. The van der Waals surface area contributed by atoms with E-state index in [2.05, 4.69) is 25.4 Å². The molecule has 9 nitrogen and oxygen atoms in total. The molecule has 0 spiro atoms. The van der Waals surface area contributed by atoms with Crippen molar-refractivity contribution in [2.45, 2.75) is 44.3 Å². The van der Waals surface area contributed by atoms with Gasteiger partial charge in [-0.2, -0.15) is 32.9 Å². The fraction of sp³-hybridized carbons (Fsp3) is 0.471. The number of aromatic amines is 1. The van der Waals surface area contributed by atoms with Crippen LogP contribution in [0.5, 0.6) is 0 Å². The van der Waals surface area contributed by atoms with Gasteiger partial charge < -0.3 is 5.32 Å². The first kappa shape index (κ1) is 19.5. The summed E-state index contributed by atoms with van der Waals surface area (Å²) in [5.74, 6) is -0.307. The minimum Gasteiger partial charge on any atom is -0.348 e. The molecule has 1 amide bonds. The predicted octanol–water partition coefficient (Wildman–Crippen LogP) is 0.812. The number of H-pyrrole nitrogens is 1. The van der Waals surface area contributed by atoms with E-state index in [1.807, 2.05) is 30.3 Å². The molecular formula is C17H24N6O3S. The zero-order valence-electron chi connectivity index (χ0n) is 15.1. The number of carbonyl (C=O) groups excluding carboxylic acids is 1. The summed E-state index contributed by atoms with van der Waals surface area (Å²) in [5, 5.41) is 12.7. The Morgan fingerprint density at radius 1 is 1.26 bits per heavy atom. The van der Waals surface area contributed by atoms with Crippen LogP contribution in [0.4, 0.5) is 0 Å². The van der Waals surface area contributed by atoms with E-state index in [0.717, 1.165) is 24.8 Å². The first-order chi connectivity index (χ1) is 12.9. The largest absolute Gasteiger partial charge is 0.348 e. The molecule has 0 bridgehead atoms. The summed E-state index contributed by atoms with van der Waals surface area (Å²) in [4.78, 5) is 12.1. The van der Waals surface area contributed by atoms with Crippen molar-refractivity contribution in [2.24, 2.45) is 0 Å². The van der Waals surface area contributed by atoms with Gasteiger partial charge in [0.15, 0.2) is 5.69 Å². The molecule has 10 heteroatoms. The highest BCUT2D eigenvalue weighted by Crippen LogP contribution is 2.20. The monoisotopic (exact) mass is 392 g/mol. The van der Waals surface area contributed by atoms with Crippen molar-refractivity contribution in [1.82, 2.24) is 29.8 Å². The molecule has 2 atom stereocenters. The van der Waals surface area contributed by atoms with E-state index in [1.54, 1.807) is 7.05 Å². The number of aromatic nitrogens is 3. The summed E-state index contributed by atoms with van der Waals surface area (Å²) >= 11 is 0. The maximum atomic E-state index is 12.6. The van der Waals surface area contributed by atoms with E-state index in [0.29, 0.717) is 13.0 Å². The molecule has 1 heterocycles. The SMILES string of the molecule is CN(Cc1ccccc1)S(=O)(=O)N[C@@H]1CCC[C@@H](NC(=O)c2cn[nH]n2)C1. The van der Waals surface area contributed by atoms with Gasteiger partial charge in [-0.25, -0.2) is 0 Å². The van der Waals surface area contributed by atoms with Crippen molar-refractivity contribution in [3.8, 4) is 0 Å². The average molecular weight is 392 g/mol. The van der Waals surface area contributed by atoms with E-state index in [9.17, 15) is 13.2 Å². The minimum absolute atomic E-state index is 0.102. The van der Waals surface area contributed by atoms with Gasteiger partial charge in [-0.1, -0.05) is 30.3 Å². The molecule has 3 N–H and O–H groups in total. The third kappa shape index (κ3) is 5.34. The fourth-order valence-corrected chi connectivity index (χ4v) is 4.36. The lowest BCUT2D eigenvalue weighted by Gasteiger charge is -2.31. The van der Waals surface area contributed by atoms with E-state index in [1.165, 1.54) is 10.5 Å². The van der Waals surface area contributed by atoms with Crippen LogP contribution < -0.4 is 10.0 Å². The van der Waals surface area contributed by atoms with Gasteiger partial charge in [-0.05, 0) is 31.2 Å². The highest BCUT2D eigenvalue weighted by molar-refractivity contribution is 7.87. The van der Waals surface area contributed by atoms with Crippen LogP contribution in [-0.4, -0.2) is 53.2 Å². The van der Waals surface area contributed by atoms with E-state index < -0.39 is 10.2 Å². The molecule has 0 saturated heterocycles. The van der Waals surface area contributed by atoms with Crippen molar-refractivity contribution in [3.05, 3.63) is 47.8 Å². The molecule has 27 heavy (non-hydrogen) atoms. The fourth-order valence-electron chi connectivity index (χ4n) is 3.22. The van der Waals surface area contributed by atoms with Crippen LogP contribution in [0.2, 0.25) is 0 Å². The molecule has 2 aromatic rings. The molecule has 1 fully saturated rings.